The Morgan fingerprint density at radius 1 is 1.38 bits per heavy atom. The predicted molar refractivity (Wildman–Crippen MR) is 101 cm³/mol. The number of hydrogen-bond acceptors (Lipinski definition) is 6. The number of rotatable bonds is 4. The number of benzene rings is 1. The number of nitrogens with zero attached hydrogens (tertiary/aromatic N) is 3. The van der Waals surface area contributed by atoms with Crippen LogP contribution in [-0.4, -0.2) is 35.6 Å². The summed E-state index contributed by atoms with van der Waals surface area (Å²) in [5, 5.41) is 2.89. The molecule has 0 bridgehead atoms. The fraction of sp³-hybridized carbons (Fsp3) is 0.421. The van der Waals surface area contributed by atoms with Crippen LogP contribution in [-0.2, 0) is 16.1 Å². The third-order valence-corrected chi connectivity index (χ3v) is 4.43. The fourth-order valence-corrected chi connectivity index (χ4v) is 3.27. The minimum absolute atomic E-state index is 0.00356. The van der Waals surface area contributed by atoms with Gasteiger partial charge in [0.25, 0.3) is 0 Å². The van der Waals surface area contributed by atoms with Crippen molar-refractivity contribution in [3.8, 4) is 0 Å². The highest BCUT2D eigenvalue weighted by molar-refractivity contribution is 5.72. The summed E-state index contributed by atoms with van der Waals surface area (Å²) in [5.74, 6) is 1.03. The van der Waals surface area contributed by atoms with Crippen molar-refractivity contribution >= 4 is 17.7 Å². The Balaban J connectivity index is 1.98. The molecule has 0 radical (unpaired) electrons. The zero-order chi connectivity index (χ0) is 18.5. The van der Waals surface area contributed by atoms with Crippen molar-refractivity contribution in [2.75, 3.05) is 30.4 Å². The topological polar surface area (TPSA) is 93.4 Å². The van der Waals surface area contributed by atoms with E-state index in [1.807, 2.05) is 31.2 Å². The second kappa shape index (κ2) is 8.14. The van der Waals surface area contributed by atoms with Gasteiger partial charge in [-0.15, -0.1) is 0 Å². The van der Waals surface area contributed by atoms with Crippen molar-refractivity contribution in [1.82, 2.24) is 15.3 Å². The maximum Gasteiger partial charge on any atom is 0.222 e. The van der Waals surface area contributed by atoms with Crippen LogP contribution < -0.4 is 16.0 Å². The Bertz CT molecular complexity index is 760. The van der Waals surface area contributed by atoms with Crippen LogP contribution in [0.3, 0.4) is 0 Å². The summed E-state index contributed by atoms with van der Waals surface area (Å²) in [6.45, 7) is 6.00. The van der Waals surface area contributed by atoms with E-state index >= 15 is 0 Å². The number of carbonyl (C=O) groups is 1. The fourth-order valence-electron chi connectivity index (χ4n) is 3.27. The number of nitrogen functional groups attached to an aromatic ring is 1. The minimum Gasteiger partial charge on any atom is -0.379 e. The van der Waals surface area contributed by atoms with Gasteiger partial charge in [0.15, 0.2) is 0 Å². The van der Waals surface area contributed by atoms with E-state index in [-0.39, 0.29) is 17.9 Å². The zero-order valence-electron chi connectivity index (χ0n) is 15.2. The second-order valence-electron chi connectivity index (χ2n) is 6.47. The molecule has 0 unspecified atom stereocenters. The first-order valence-corrected chi connectivity index (χ1v) is 8.82. The van der Waals surface area contributed by atoms with Gasteiger partial charge in [-0.05, 0) is 24.5 Å². The Morgan fingerprint density at radius 3 is 2.96 bits per heavy atom. The first kappa shape index (κ1) is 18.1. The smallest absolute Gasteiger partial charge is 0.222 e. The molecule has 7 heteroatoms. The van der Waals surface area contributed by atoms with Crippen molar-refractivity contribution in [2.45, 2.75) is 32.9 Å². The van der Waals surface area contributed by atoms with Crippen molar-refractivity contribution in [3.63, 3.8) is 0 Å². The molecule has 1 atom stereocenters. The van der Waals surface area contributed by atoms with E-state index in [0.717, 1.165) is 35.6 Å². The number of anilines is 2. The molecular formula is C19H25N5O2. The molecule has 1 aromatic carbocycles. The maximum absolute atomic E-state index is 11.3. The predicted octanol–water partition coefficient (Wildman–Crippen LogP) is 1.97. The Hall–Kier alpha value is -2.67. The molecule has 1 saturated heterocycles. The van der Waals surface area contributed by atoms with Crippen LogP contribution in [0.5, 0.6) is 0 Å². The molecule has 26 heavy (non-hydrogen) atoms. The highest BCUT2D eigenvalue weighted by Gasteiger charge is 2.26. The van der Waals surface area contributed by atoms with Gasteiger partial charge >= 0.3 is 0 Å². The van der Waals surface area contributed by atoms with Crippen LogP contribution in [0.25, 0.3) is 0 Å². The average Bonchev–Trinajstić information content (AvgIpc) is 2.85. The number of ether oxygens (including phenoxy) is 1. The number of hydrogen-bond donors (Lipinski definition) is 2. The SMILES string of the molecule is CC(=O)NCc1ccccc1[C@@H]1COCCCN1c1cc(C)nc(N)n1. The van der Waals surface area contributed by atoms with Gasteiger partial charge in [0.05, 0.1) is 12.6 Å². The van der Waals surface area contributed by atoms with Crippen molar-refractivity contribution < 1.29 is 9.53 Å². The molecule has 1 aromatic heterocycles. The van der Waals surface area contributed by atoms with Crippen LogP contribution in [0.4, 0.5) is 11.8 Å². The Labute approximate surface area is 153 Å². The second-order valence-corrected chi connectivity index (χ2v) is 6.47. The first-order chi connectivity index (χ1) is 12.5. The van der Waals surface area contributed by atoms with Crippen LogP contribution >= 0.6 is 0 Å². The molecule has 1 aliphatic heterocycles. The zero-order valence-corrected chi connectivity index (χ0v) is 15.2. The van der Waals surface area contributed by atoms with Gasteiger partial charge in [0.1, 0.15) is 5.82 Å². The van der Waals surface area contributed by atoms with Crippen molar-refractivity contribution in [1.29, 1.82) is 0 Å². The quantitative estimate of drug-likeness (QED) is 0.871. The summed E-state index contributed by atoms with van der Waals surface area (Å²) < 4.78 is 5.85. The third-order valence-electron chi connectivity index (χ3n) is 4.43. The van der Waals surface area contributed by atoms with E-state index in [2.05, 4.69) is 26.3 Å². The lowest BCUT2D eigenvalue weighted by Gasteiger charge is -2.32. The average molecular weight is 355 g/mol. The number of aryl methyl sites for hydroxylation is 1. The molecule has 0 saturated carbocycles. The highest BCUT2D eigenvalue weighted by Crippen LogP contribution is 2.31. The normalized spacial score (nSPS) is 17.6. The highest BCUT2D eigenvalue weighted by atomic mass is 16.5. The number of carbonyl (C=O) groups excluding carboxylic acids is 1. The molecule has 3 N–H and O–H groups in total. The summed E-state index contributed by atoms with van der Waals surface area (Å²) in [4.78, 5) is 22.2. The summed E-state index contributed by atoms with van der Waals surface area (Å²) >= 11 is 0. The lowest BCUT2D eigenvalue weighted by molar-refractivity contribution is -0.119. The van der Waals surface area contributed by atoms with E-state index in [1.165, 1.54) is 6.92 Å². The standard InChI is InChI=1S/C19H25N5O2/c1-13-10-18(23-19(20)22-13)24-8-5-9-26-12-17(24)16-7-4-3-6-15(16)11-21-14(2)25/h3-4,6-7,10,17H,5,8-9,11-12H2,1-2H3,(H,21,25)(H2,20,22,23)/t17-/m0/s1. The Morgan fingerprint density at radius 2 is 2.19 bits per heavy atom. The molecule has 0 aliphatic carbocycles. The molecule has 7 nitrogen and oxygen atoms in total. The molecule has 1 amide bonds. The summed E-state index contributed by atoms with van der Waals surface area (Å²) in [5.41, 5.74) is 8.90. The van der Waals surface area contributed by atoms with Gasteiger partial charge < -0.3 is 20.7 Å². The van der Waals surface area contributed by atoms with Crippen molar-refractivity contribution in [2.24, 2.45) is 0 Å². The van der Waals surface area contributed by atoms with Gasteiger partial charge in [0.2, 0.25) is 11.9 Å². The molecule has 1 fully saturated rings. The molecule has 1 aliphatic rings. The number of nitrogens with one attached hydrogen (secondary N) is 1. The lowest BCUT2D eigenvalue weighted by atomic mass is 9.99. The Kier molecular flexibility index (Phi) is 5.68. The largest absolute Gasteiger partial charge is 0.379 e. The summed E-state index contributed by atoms with van der Waals surface area (Å²) in [6, 6.07) is 10.1. The van der Waals surface area contributed by atoms with Gasteiger partial charge in [-0.3, -0.25) is 4.79 Å². The number of aromatic nitrogens is 2. The molecule has 0 spiro atoms. The van der Waals surface area contributed by atoms with E-state index in [9.17, 15) is 4.79 Å². The molecule has 2 heterocycles. The van der Waals surface area contributed by atoms with Gasteiger partial charge in [-0.25, -0.2) is 4.98 Å². The molecule has 2 aromatic rings. The van der Waals surface area contributed by atoms with E-state index in [4.69, 9.17) is 10.5 Å². The van der Waals surface area contributed by atoms with Crippen LogP contribution in [0.2, 0.25) is 0 Å². The minimum atomic E-state index is -0.0482. The number of amides is 1. The van der Waals surface area contributed by atoms with Gasteiger partial charge in [-0.1, -0.05) is 24.3 Å². The molecular weight excluding hydrogens is 330 g/mol. The van der Waals surface area contributed by atoms with Crippen LogP contribution in [0, 0.1) is 6.92 Å². The maximum atomic E-state index is 11.3. The van der Waals surface area contributed by atoms with Gasteiger partial charge in [0, 0.05) is 38.4 Å². The summed E-state index contributed by atoms with van der Waals surface area (Å²) in [6.07, 6.45) is 0.910. The molecule has 3 rings (SSSR count). The van der Waals surface area contributed by atoms with Gasteiger partial charge in [-0.2, -0.15) is 4.98 Å². The van der Waals surface area contributed by atoms with E-state index in [0.29, 0.717) is 19.8 Å². The third kappa shape index (κ3) is 4.29. The number of nitrogens with two attached hydrogens (primary N) is 1. The lowest BCUT2D eigenvalue weighted by Crippen LogP contribution is -2.33. The van der Waals surface area contributed by atoms with Crippen LogP contribution in [0.15, 0.2) is 30.3 Å². The summed E-state index contributed by atoms with van der Waals surface area (Å²) in [7, 11) is 0. The van der Waals surface area contributed by atoms with E-state index in [1.54, 1.807) is 0 Å². The van der Waals surface area contributed by atoms with E-state index < -0.39 is 0 Å². The monoisotopic (exact) mass is 355 g/mol. The first-order valence-electron chi connectivity index (χ1n) is 8.82. The van der Waals surface area contributed by atoms with Crippen LogP contribution in [0.1, 0.15) is 36.2 Å². The molecule has 138 valence electrons. The van der Waals surface area contributed by atoms with Crippen molar-refractivity contribution in [3.05, 3.63) is 47.2 Å².